The summed E-state index contributed by atoms with van der Waals surface area (Å²) in [6.45, 7) is 0. The molecule has 3 heteroatoms. The molecule has 3 nitrogen and oxygen atoms in total. The van der Waals surface area contributed by atoms with Gasteiger partial charge in [0.1, 0.15) is 0 Å². The molecule has 0 aromatic rings. The molecule has 0 unspecified atom stereocenters. The first-order valence-electron chi connectivity index (χ1n) is 4.18. The monoisotopic (exact) mass is 165 g/mol. The van der Waals surface area contributed by atoms with Gasteiger partial charge in [-0.25, -0.2) is 0 Å². The van der Waals surface area contributed by atoms with E-state index in [-0.39, 0.29) is 23.7 Å². The number of carbonyl (C=O) groups excluding carboxylic acids is 2. The highest BCUT2D eigenvalue weighted by Gasteiger charge is 2.45. The molecule has 0 bridgehead atoms. The van der Waals surface area contributed by atoms with E-state index in [0.717, 1.165) is 12.8 Å². The Morgan fingerprint density at radius 2 is 1.58 bits per heavy atom. The largest absolute Gasteiger partial charge is 0.285 e. The fourth-order valence-electron chi connectivity index (χ4n) is 1.97. The number of imide groups is 1. The normalized spacial score (nSPS) is 34.2. The molecule has 1 saturated heterocycles. The number of carbonyl (C=O) groups is 2. The van der Waals surface area contributed by atoms with Gasteiger partial charge in [0, 0.05) is 7.05 Å². The Morgan fingerprint density at radius 3 is 2.00 bits per heavy atom. The number of hydrogen-bond donors (Lipinski definition) is 0. The Kier molecular flexibility index (Phi) is 1.53. The second kappa shape index (κ2) is 2.44. The van der Waals surface area contributed by atoms with Gasteiger partial charge >= 0.3 is 0 Å². The van der Waals surface area contributed by atoms with E-state index < -0.39 is 0 Å². The molecule has 2 rings (SSSR count). The van der Waals surface area contributed by atoms with Crippen LogP contribution in [-0.4, -0.2) is 23.8 Å². The minimum atomic E-state index is -0.0625. The number of allylic oxidation sites excluding steroid dienone is 2. The molecule has 12 heavy (non-hydrogen) atoms. The zero-order valence-electron chi connectivity index (χ0n) is 6.99. The van der Waals surface area contributed by atoms with Crippen molar-refractivity contribution in [3.05, 3.63) is 12.2 Å². The van der Waals surface area contributed by atoms with Crippen molar-refractivity contribution in [3.8, 4) is 0 Å². The Bertz CT molecular complexity index is 244. The van der Waals surface area contributed by atoms with Crippen LogP contribution in [0.4, 0.5) is 0 Å². The van der Waals surface area contributed by atoms with Gasteiger partial charge < -0.3 is 0 Å². The summed E-state index contributed by atoms with van der Waals surface area (Å²) in [6, 6.07) is 0. The minimum absolute atomic E-state index is 0.00523. The maximum absolute atomic E-state index is 11.4. The van der Waals surface area contributed by atoms with Crippen molar-refractivity contribution in [2.45, 2.75) is 12.8 Å². The van der Waals surface area contributed by atoms with Crippen molar-refractivity contribution in [2.24, 2.45) is 11.8 Å². The first kappa shape index (κ1) is 7.53. The van der Waals surface area contributed by atoms with Crippen LogP contribution in [0.25, 0.3) is 0 Å². The second-order valence-corrected chi connectivity index (χ2v) is 3.39. The molecule has 1 aliphatic carbocycles. The lowest BCUT2D eigenvalue weighted by Gasteiger charge is -2.14. The lowest BCUT2D eigenvalue weighted by Crippen LogP contribution is -2.25. The van der Waals surface area contributed by atoms with E-state index in [1.807, 2.05) is 12.2 Å². The van der Waals surface area contributed by atoms with E-state index in [4.69, 9.17) is 0 Å². The zero-order valence-corrected chi connectivity index (χ0v) is 6.99. The number of rotatable bonds is 0. The third kappa shape index (κ3) is 0.823. The highest BCUT2D eigenvalue weighted by Crippen LogP contribution is 2.33. The molecule has 0 N–H and O–H groups in total. The molecule has 2 atom stereocenters. The molecule has 1 aliphatic heterocycles. The second-order valence-electron chi connectivity index (χ2n) is 3.39. The summed E-state index contributed by atoms with van der Waals surface area (Å²) in [5.41, 5.74) is 0. The third-order valence-electron chi connectivity index (χ3n) is 2.73. The molecule has 64 valence electrons. The summed E-state index contributed by atoms with van der Waals surface area (Å²) in [6.07, 6.45) is 5.45. The predicted molar refractivity (Wildman–Crippen MR) is 43.1 cm³/mol. The standard InChI is InChI=1S/C9H11NO2/c1-10-8(11)6-4-2-3-5-7(6)9(10)12/h2-3,6-7H,4-5H2,1H3/t6-,7-/m1/s1. The smallest absolute Gasteiger partial charge is 0.233 e. The van der Waals surface area contributed by atoms with Crippen LogP contribution in [0.5, 0.6) is 0 Å². The summed E-state index contributed by atoms with van der Waals surface area (Å²) < 4.78 is 0. The lowest BCUT2D eigenvalue weighted by atomic mass is 9.85. The van der Waals surface area contributed by atoms with E-state index in [0.29, 0.717) is 0 Å². The van der Waals surface area contributed by atoms with Crippen LogP contribution in [0.2, 0.25) is 0 Å². The minimum Gasteiger partial charge on any atom is -0.285 e. The van der Waals surface area contributed by atoms with Gasteiger partial charge in [0.05, 0.1) is 11.8 Å². The number of amides is 2. The van der Waals surface area contributed by atoms with Crippen molar-refractivity contribution < 1.29 is 9.59 Å². The van der Waals surface area contributed by atoms with Crippen molar-refractivity contribution in [2.75, 3.05) is 7.05 Å². The van der Waals surface area contributed by atoms with Gasteiger partial charge in [-0.1, -0.05) is 12.2 Å². The molecule has 1 heterocycles. The molecule has 0 aromatic heterocycles. The Morgan fingerprint density at radius 1 is 1.17 bits per heavy atom. The first-order valence-corrected chi connectivity index (χ1v) is 4.18. The zero-order chi connectivity index (χ0) is 8.72. The van der Waals surface area contributed by atoms with E-state index in [1.54, 1.807) is 7.05 Å². The van der Waals surface area contributed by atoms with Crippen LogP contribution < -0.4 is 0 Å². The molecule has 1 fully saturated rings. The number of likely N-dealkylation sites (tertiary alicyclic amines) is 1. The first-order chi connectivity index (χ1) is 5.72. The SMILES string of the molecule is CN1C(=O)[C@@H]2CC=CC[C@H]2C1=O. The summed E-state index contributed by atoms with van der Waals surface area (Å²) in [5.74, 6) is -0.135. The fourth-order valence-corrected chi connectivity index (χ4v) is 1.97. The average Bonchev–Trinajstić information content (AvgIpc) is 2.33. The summed E-state index contributed by atoms with van der Waals surface area (Å²) in [7, 11) is 1.57. The number of nitrogens with zero attached hydrogens (tertiary/aromatic N) is 1. The van der Waals surface area contributed by atoms with Crippen LogP contribution in [0, 0.1) is 11.8 Å². The Balaban J connectivity index is 2.31. The van der Waals surface area contributed by atoms with E-state index in [2.05, 4.69) is 0 Å². The highest BCUT2D eigenvalue weighted by atomic mass is 16.2. The van der Waals surface area contributed by atoms with Crippen molar-refractivity contribution >= 4 is 11.8 Å². The average molecular weight is 165 g/mol. The molecule has 2 aliphatic rings. The van der Waals surface area contributed by atoms with Crippen LogP contribution >= 0.6 is 0 Å². The van der Waals surface area contributed by atoms with Crippen LogP contribution in [0.3, 0.4) is 0 Å². The topological polar surface area (TPSA) is 37.4 Å². The molecule has 0 spiro atoms. The van der Waals surface area contributed by atoms with Crippen LogP contribution in [-0.2, 0) is 9.59 Å². The third-order valence-corrected chi connectivity index (χ3v) is 2.73. The molecule has 0 aromatic carbocycles. The van der Waals surface area contributed by atoms with Gasteiger partial charge in [0.2, 0.25) is 11.8 Å². The van der Waals surface area contributed by atoms with E-state index >= 15 is 0 Å². The molecule has 0 radical (unpaired) electrons. The predicted octanol–water partition coefficient (Wildman–Crippen LogP) is 0.567. The molecular formula is C9H11NO2. The summed E-state index contributed by atoms with van der Waals surface area (Å²) in [5, 5.41) is 0. The van der Waals surface area contributed by atoms with Gasteiger partial charge in [-0.3, -0.25) is 14.5 Å². The summed E-state index contributed by atoms with van der Waals surface area (Å²) in [4.78, 5) is 24.1. The van der Waals surface area contributed by atoms with Gasteiger partial charge in [0.25, 0.3) is 0 Å². The maximum Gasteiger partial charge on any atom is 0.233 e. The number of hydrogen-bond acceptors (Lipinski definition) is 2. The van der Waals surface area contributed by atoms with Crippen LogP contribution in [0.15, 0.2) is 12.2 Å². The van der Waals surface area contributed by atoms with Gasteiger partial charge in [0.15, 0.2) is 0 Å². The highest BCUT2D eigenvalue weighted by molar-refractivity contribution is 6.05. The van der Waals surface area contributed by atoms with Crippen molar-refractivity contribution in [1.29, 1.82) is 0 Å². The lowest BCUT2D eigenvalue weighted by molar-refractivity contribution is -0.138. The van der Waals surface area contributed by atoms with Crippen molar-refractivity contribution in [1.82, 2.24) is 4.90 Å². The van der Waals surface area contributed by atoms with Gasteiger partial charge in [-0.05, 0) is 12.8 Å². The van der Waals surface area contributed by atoms with E-state index in [1.165, 1.54) is 4.90 Å². The van der Waals surface area contributed by atoms with Crippen LogP contribution in [0.1, 0.15) is 12.8 Å². The van der Waals surface area contributed by atoms with Gasteiger partial charge in [-0.2, -0.15) is 0 Å². The van der Waals surface area contributed by atoms with Gasteiger partial charge in [-0.15, -0.1) is 0 Å². The quantitative estimate of drug-likeness (QED) is 0.388. The maximum atomic E-state index is 11.4. The molecule has 2 amide bonds. The van der Waals surface area contributed by atoms with E-state index in [9.17, 15) is 9.59 Å². The molecular weight excluding hydrogens is 154 g/mol. The molecule has 0 saturated carbocycles. The Hall–Kier alpha value is -1.12. The number of fused-ring (bicyclic) bond motifs is 1. The summed E-state index contributed by atoms with van der Waals surface area (Å²) >= 11 is 0. The van der Waals surface area contributed by atoms with Crippen molar-refractivity contribution in [3.63, 3.8) is 0 Å². The fraction of sp³-hybridized carbons (Fsp3) is 0.556. The Labute approximate surface area is 71.0 Å².